The summed E-state index contributed by atoms with van der Waals surface area (Å²) in [6.45, 7) is 4.31. The summed E-state index contributed by atoms with van der Waals surface area (Å²) >= 11 is 0. The van der Waals surface area contributed by atoms with Crippen molar-refractivity contribution in [2.75, 3.05) is 12.3 Å². The molecule has 1 heterocycles. The van der Waals surface area contributed by atoms with Gasteiger partial charge in [0.05, 0.1) is 18.0 Å². The minimum absolute atomic E-state index is 0.135. The van der Waals surface area contributed by atoms with Crippen LogP contribution in [0.15, 0.2) is 24.3 Å². The number of benzene rings is 1. The van der Waals surface area contributed by atoms with Crippen molar-refractivity contribution in [1.82, 2.24) is 9.78 Å². The summed E-state index contributed by atoms with van der Waals surface area (Å²) in [5.41, 5.74) is 8.15. The lowest BCUT2D eigenvalue weighted by Crippen LogP contribution is -2.12. The summed E-state index contributed by atoms with van der Waals surface area (Å²) in [5.74, 6) is -0.0703. The summed E-state index contributed by atoms with van der Waals surface area (Å²) < 4.78 is 12.4. The van der Waals surface area contributed by atoms with E-state index >= 15 is 0 Å². The number of nitrogen functional groups attached to an aromatic ring is 1. The van der Waals surface area contributed by atoms with Gasteiger partial charge in [-0.05, 0) is 32.0 Å². The van der Waals surface area contributed by atoms with Crippen molar-refractivity contribution in [2.45, 2.75) is 20.5 Å². The molecule has 0 unspecified atom stereocenters. The molecule has 2 N–H and O–H groups in total. The number of esters is 1. The molecule has 6 nitrogen and oxygen atoms in total. The van der Waals surface area contributed by atoms with Gasteiger partial charge < -0.3 is 15.2 Å². The molecule has 2 aromatic rings. The van der Waals surface area contributed by atoms with E-state index in [0.29, 0.717) is 18.0 Å². The van der Waals surface area contributed by atoms with Gasteiger partial charge in [0, 0.05) is 12.7 Å². The largest absolute Gasteiger partial charge is 0.493 e. The summed E-state index contributed by atoms with van der Waals surface area (Å²) in [5, 5.41) is 4.20. The molecule has 0 aliphatic heterocycles. The number of nitrogens with two attached hydrogens (primary N) is 1. The van der Waals surface area contributed by atoms with Gasteiger partial charge in [-0.25, -0.2) is 4.79 Å². The molecule has 0 aliphatic carbocycles. The molecular formula is C15H19N3O3. The highest BCUT2D eigenvalue weighted by Gasteiger charge is 2.18. The van der Waals surface area contributed by atoms with Crippen LogP contribution < -0.4 is 10.5 Å². The Kier molecular flexibility index (Phi) is 4.47. The Hall–Kier alpha value is -2.50. The number of aryl methyl sites for hydroxylation is 2. The molecule has 112 valence electrons. The molecule has 2 rings (SSSR count). The molecule has 0 saturated carbocycles. The molecule has 0 saturated heterocycles. The first kappa shape index (κ1) is 14.9. The normalized spacial score (nSPS) is 10.4. The minimum atomic E-state index is -0.504. The second kappa shape index (κ2) is 6.30. The second-order valence-corrected chi connectivity index (χ2v) is 4.63. The van der Waals surface area contributed by atoms with E-state index < -0.39 is 5.97 Å². The van der Waals surface area contributed by atoms with Gasteiger partial charge in [0.15, 0.2) is 0 Å². The van der Waals surface area contributed by atoms with Gasteiger partial charge >= 0.3 is 5.97 Å². The van der Waals surface area contributed by atoms with E-state index in [-0.39, 0.29) is 12.2 Å². The van der Waals surface area contributed by atoms with Gasteiger partial charge in [-0.2, -0.15) is 5.10 Å². The molecule has 1 aromatic heterocycles. The van der Waals surface area contributed by atoms with Gasteiger partial charge in [-0.3, -0.25) is 4.68 Å². The van der Waals surface area contributed by atoms with Crippen LogP contribution in [0.1, 0.15) is 28.7 Å². The maximum Gasteiger partial charge on any atom is 0.344 e. The van der Waals surface area contributed by atoms with Crippen LogP contribution in [0.2, 0.25) is 0 Å². The number of rotatable bonds is 5. The molecular weight excluding hydrogens is 270 g/mol. The first-order chi connectivity index (χ1) is 10.0. The molecule has 0 aliphatic rings. The van der Waals surface area contributed by atoms with Crippen molar-refractivity contribution in [1.29, 1.82) is 0 Å². The number of carbonyl (C=O) groups is 1. The number of carbonyl (C=O) groups excluding carboxylic acids is 1. The van der Waals surface area contributed by atoms with Gasteiger partial charge in [-0.15, -0.1) is 0 Å². The fraction of sp³-hybridized carbons (Fsp3) is 0.333. The third-order valence-electron chi connectivity index (χ3n) is 3.01. The van der Waals surface area contributed by atoms with Crippen LogP contribution in [0.3, 0.4) is 0 Å². The van der Waals surface area contributed by atoms with Crippen LogP contribution in [0.5, 0.6) is 5.75 Å². The predicted octanol–water partition coefficient (Wildman–Crippen LogP) is 2.07. The SMILES string of the molecule is CCOc1cccc(N)c1C(=O)OCc1cc(C)nn1C. The average Bonchev–Trinajstić information content (AvgIpc) is 2.75. The maximum absolute atomic E-state index is 12.2. The number of ether oxygens (including phenoxy) is 2. The predicted molar refractivity (Wildman–Crippen MR) is 79.1 cm³/mol. The van der Waals surface area contributed by atoms with E-state index in [2.05, 4.69) is 5.10 Å². The first-order valence-electron chi connectivity index (χ1n) is 6.70. The zero-order valence-corrected chi connectivity index (χ0v) is 12.4. The average molecular weight is 289 g/mol. The summed E-state index contributed by atoms with van der Waals surface area (Å²) in [6, 6.07) is 6.95. The topological polar surface area (TPSA) is 79.4 Å². The highest BCUT2D eigenvalue weighted by molar-refractivity contribution is 5.98. The Morgan fingerprint density at radius 1 is 1.43 bits per heavy atom. The van der Waals surface area contributed by atoms with Crippen molar-refractivity contribution in [2.24, 2.45) is 7.05 Å². The number of nitrogens with zero attached hydrogens (tertiary/aromatic N) is 2. The lowest BCUT2D eigenvalue weighted by atomic mass is 10.1. The first-order valence-corrected chi connectivity index (χ1v) is 6.70. The molecule has 0 spiro atoms. The summed E-state index contributed by atoms with van der Waals surface area (Å²) in [6.07, 6.45) is 0. The highest BCUT2D eigenvalue weighted by Crippen LogP contribution is 2.25. The van der Waals surface area contributed by atoms with Crippen molar-refractivity contribution < 1.29 is 14.3 Å². The Bertz CT molecular complexity index is 650. The van der Waals surface area contributed by atoms with E-state index in [9.17, 15) is 4.79 Å². The van der Waals surface area contributed by atoms with Crippen LogP contribution in [-0.4, -0.2) is 22.4 Å². The van der Waals surface area contributed by atoms with Gasteiger partial charge in [-0.1, -0.05) is 6.07 Å². The van der Waals surface area contributed by atoms with E-state index in [4.69, 9.17) is 15.2 Å². The van der Waals surface area contributed by atoms with Crippen LogP contribution in [0.25, 0.3) is 0 Å². The van der Waals surface area contributed by atoms with Gasteiger partial charge in [0.1, 0.15) is 17.9 Å². The van der Waals surface area contributed by atoms with Gasteiger partial charge in [0.2, 0.25) is 0 Å². The Morgan fingerprint density at radius 2 is 2.19 bits per heavy atom. The third kappa shape index (κ3) is 3.34. The molecule has 0 fully saturated rings. The zero-order valence-electron chi connectivity index (χ0n) is 12.4. The fourth-order valence-corrected chi connectivity index (χ4v) is 2.05. The maximum atomic E-state index is 12.2. The standard InChI is InChI=1S/C15H19N3O3/c1-4-20-13-7-5-6-12(16)14(13)15(19)21-9-11-8-10(2)17-18(11)3/h5-8H,4,9,16H2,1-3H3. The van der Waals surface area contributed by atoms with Crippen molar-refractivity contribution >= 4 is 11.7 Å². The van der Waals surface area contributed by atoms with Crippen molar-refractivity contribution in [3.05, 3.63) is 41.2 Å². The zero-order chi connectivity index (χ0) is 15.4. The quantitative estimate of drug-likeness (QED) is 0.673. The third-order valence-corrected chi connectivity index (χ3v) is 3.01. The molecule has 21 heavy (non-hydrogen) atoms. The molecule has 0 amide bonds. The van der Waals surface area contributed by atoms with Crippen molar-refractivity contribution in [3.63, 3.8) is 0 Å². The highest BCUT2D eigenvalue weighted by atomic mass is 16.5. The fourth-order valence-electron chi connectivity index (χ4n) is 2.05. The number of hydrogen-bond acceptors (Lipinski definition) is 5. The smallest absolute Gasteiger partial charge is 0.344 e. The monoisotopic (exact) mass is 289 g/mol. The molecule has 1 aromatic carbocycles. The number of aromatic nitrogens is 2. The van der Waals surface area contributed by atoms with Crippen LogP contribution in [0.4, 0.5) is 5.69 Å². The van der Waals surface area contributed by atoms with E-state index in [1.807, 2.05) is 19.9 Å². The van der Waals surface area contributed by atoms with Crippen LogP contribution >= 0.6 is 0 Å². The van der Waals surface area contributed by atoms with Gasteiger partial charge in [0.25, 0.3) is 0 Å². The Morgan fingerprint density at radius 3 is 2.81 bits per heavy atom. The summed E-state index contributed by atoms with van der Waals surface area (Å²) in [7, 11) is 1.80. The van der Waals surface area contributed by atoms with E-state index in [1.165, 1.54) is 0 Å². The minimum Gasteiger partial charge on any atom is -0.493 e. The lowest BCUT2D eigenvalue weighted by molar-refractivity contribution is 0.0460. The van der Waals surface area contributed by atoms with Crippen LogP contribution in [-0.2, 0) is 18.4 Å². The molecule has 0 radical (unpaired) electrons. The Balaban J connectivity index is 2.15. The van der Waals surface area contributed by atoms with Crippen molar-refractivity contribution in [3.8, 4) is 5.75 Å². The molecule has 0 atom stereocenters. The second-order valence-electron chi connectivity index (χ2n) is 4.63. The summed E-state index contributed by atoms with van der Waals surface area (Å²) in [4.78, 5) is 12.2. The van der Waals surface area contributed by atoms with E-state index in [1.54, 1.807) is 29.9 Å². The molecule has 6 heteroatoms. The van der Waals surface area contributed by atoms with Crippen LogP contribution in [0, 0.1) is 6.92 Å². The lowest BCUT2D eigenvalue weighted by Gasteiger charge is -2.12. The Labute approximate surface area is 123 Å². The number of anilines is 1. The molecule has 0 bridgehead atoms. The number of hydrogen-bond donors (Lipinski definition) is 1. The van der Waals surface area contributed by atoms with E-state index in [0.717, 1.165) is 11.4 Å².